The van der Waals surface area contributed by atoms with Gasteiger partial charge in [-0.25, -0.2) is 4.98 Å². The summed E-state index contributed by atoms with van der Waals surface area (Å²) < 4.78 is 33.0. The van der Waals surface area contributed by atoms with Crippen LogP contribution in [0.5, 0.6) is 5.75 Å². The Bertz CT molecular complexity index is 771. The smallest absolute Gasteiger partial charge is 0.232 e. The van der Waals surface area contributed by atoms with Crippen LogP contribution in [0.3, 0.4) is 0 Å². The number of carbonyl (C=O) groups excluding carboxylic acids is 1. The van der Waals surface area contributed by atoms with Gasteiger partial charge in [0.15, 0.2) is 6.29 Å². The number of oxazole rings is 1. The van der Waals surface area contributed by atoms with E-state index in [0.717, 1.165) is 11.3 Å². The Morgan fingerprint density at radius 1 is 1.22 bits per heavy atom. The monoisotopic (exact) mass is 396 g/mol. The van der Waals surface area contributed by atoms with Crippen LogP contribution in [0.1, 0.15) is 11.5 Å². The molecule has 0 aliphatic carbocycles. The summed E-state index contributed by atoms with van der Waals surface area (Å²) in [6.45, 7) is 1.95. The zero-order valence-electron chi connectivity index (χ0n) is 15.8. The summed E-state index contributed by atoms with van der Waals surface area (Å²) in [6, 6.07) is 7.29. The number of aryl methyl sites for hydroxylation is 1. The molecular weight excluding hydrogens is 372 g/mol. The van der Waals surface area contributed by atoms with Crippen molar-refractivity contribution in [1.82, 2.24) is 10.3 Å². The predicted molar refractivity (Wildman–Crippen MR) is 101 cm³/mol. The maximum Gasteiger partial charge on any atom is 0.232 e. The summed E-state index contributed by atoms with van der Waals surface area (Å²) in [5.74, 6) is 1.41. The standard InChI is InChI=1S/C18H24N2O6S/c1-12-15(10-27(22)11-16(21)19-9-17(24-3)25-4)20-18(26-12)13-5-7-14(23-2)8-6-13/h5-8,17H,9-11H2,1-4H3,(H,19,21). The van der Waals surface area contributed by atoms with Gasteiger partial charge in [-0.1, -0.05) is 0 Å². The highest BCUT2D eigenvalue weighted by Crippen LogP contribution is 2.24. The molecule has 1 amide bonds. The van der Waals surface area contributed by atoms with Gasteiger partial charge in [-0.2, -0.15) is 0 Å². The van der Waals surface area contributed by atoms with Gasteiger partial charge in [-0.05, 0) is 31.2 Å². The van der Waals surface area contributed by atoms with Gasteiger partial charge < -0.3 is 23.9 Å². The number of hydrogen-bond acceptors (Lipinski definition) is 7. The summed E-state index contributed by atoms with van der Waals surface area (Å²) in [5, 5.41) is 2.62. The van der Waals surface area contributed by atoms with Crippen molar-refractivity contribution in [1.29, 1.82) is 0 Å². The number of nitrogens with one attached hydrogen (secondary N) is 1. The average Bonchev–Trinajstić information content (AvgIpc) is 3.03. The van der Waals surface area contributed by atoms with E-state index < -0.39 is 17.1 Å². The molecule has 0 spiro atoms. The summed E-state index contributed by atoms with van der Waals surface area (Å²) in [6.07, 6.45) is -0.535. The van der Waals surface area contributed by atoms with Gasteiger partial charge in [0.25, 0.3) is 0 Å². The first kappa shape index (κ1) is 21.1. The SMILES string of the molecule is COc1ccc(-c2nc(CS(=O)CC(=O)NCC(OC)OC)c(C)o2)cc1. The van der Waals surface area contributed by atoms with Crippen molar-refractivity contribution < 1.29 is 27.6 Å². The van der Waals surface area contributed by atoms with E-state index in [9.17, 15) is 9.00 Å². The van der Waals surface area contributed by atoms with Crippen molar-refractivity contribution in [2.45, 2.75) is 19.0 Å². The van der Waals surface area contributed by atoms with Crippen molar-refractivity contribution in [2.24, 2.45) is 0 Å². The van der Waals surface area contributed by atoms with E-state index in [0.29, 0.717) is 17.3 Å². The second kappa shape index (κ2) is 10.2. The van der Waals surface area contributed by atoms with Gasteiger partial charge in [0.05, 0.1) is 25.1 Å². The molecule has 27 heavy (non-hydrogen) atoms. The van der Waals surface area contributed by atoms with Crippen molar-refractivity contribution in [2.75, 3.05) is 33.6 Å². The third kappa shape index (κ3) is 6.16. The predicted octanol–water partition coefficient (Wildman–Crippen LogP) is 1.64. The Morgan fingerprint density at radius 3 is 2.48 bits per heavy atom. The number of aromatic nitrogens is 1. The van der Waals surface area contributed by atoms with Crippen molar-refractivity contribution in [3.8, 4) is 17.2 Å². The molecule has 0 bridgehead atoms. The lowest BCUT2D eigenvalue weighted by atomic mass is 10.2. The van der Waals surface area contributed by atoms with E-state index >= 15 is 0 Å². The van der Waals surface area contributed by atoms with Gasteiger partial charge in [0.2, 0.25) is 11.8 Å². The summed E-state index contributed by atoms with van der Waals surface area (Å²) in [4.78, 5) is 16.3. The molecule has 1 aromatic heterocycles. The summed E-state index contributed by atoms with van der Waals surface area (Å²) >= 11 is 0. The quantitative estimate of drug-likeness (QED) is 0.610. The number of benzene rings is 1. The Hall–Kier alpha value is -2.23. The molecule has 9 heteroatoms. The molecule has 148 valence electrons. The fourth-order valence-electron chi connectivity index (χ4n) is 2.28. The highest BCUT2D eigenvalue weighted by Gasteiger charge is 2.17. The number of methoxy groups -OCH3 is 3. The second-order valence-corrected chi connectivity index (χ2v) is 7.14. The zero-order valence-corrected chi connectivity index (χ0v) is 16.6. The minimum absolute atomic E-state index is 0.135. The Morgan fingerprint density at radius 2 is 1.89 bits per heavy atom. The molecule has 1 atom stereocenters. The number of ether oxygens (including phenoxy) is 3. The van der Waals surface area contributed by atoms with E-state index in [2.05, 4.69) is 10.3 Å². The third-order valence-corrected chi connectivity index (χ3v) is 4.99. The van der Waals surface area contributed by atoms with E-state index in [1.54, 1.807) is 14.0 Å². The molecule has 2 aromatic rings. The lowest BCUT2D eigenvalue weighted by molar-refractivity contribution is -0.125. The summed E-state index contributed by atoms with van der Waals surface area (Å²) in [5.41, 5.74) is 1.36. The summed E-state index contributed by atoms with van der Waals surface area (Å²) in [7, 11) is 3.14. The highest BCUT2D eigenvalue weighted by atomic mass is 32.2. The lowest BCUT2D eigenvalue weighted by Gasteiger charge is -2.13. The fraction of sp³-hybridized carbons (Fsp3) is 0.444. The normalized spacial score (nSPS) is 12.2. The van der Waals surface area contributed by atoms with Gasteiger partial charge in [-0.15, -0.1) is 0 Å². The largest absolute Gasteiger partial charge is 0.497 e. The number of carbonyl (C=O) groups is 1. The van der Waals surface area contributed by atoms with E-state index in [4.69, 9.17) is 18.6 Å². The molecule has 1 aromatic carbocycles. The molecule has 0 fully saturated rings. The molecule has 8 nitrogen and oxygen atoms in total. The first-order valence-corrected chi connectivity index (χ1v) is 9.73. The molecule has 1 N–H and O–H groups in total. The fourth-order valence-corrected chi connectivity index (χ4v) is 3.35. The topological polar surface area (TPSA) is 99.9 Å². The number of rotatable bonds is 10. The van der Waals surface area contributed by atoms with Crippen LogP contribution >= 0.6 is 0 Å². The first-order valence-electron chi connectivity index (χ1n) is 8.24. The molecule has 0 radical (unpaired) electrons. The minimum Gasteiger partial charge on any atom is -0.497 e. The molecule has 1 unspecified atom stereocenters. The Kier molecular flexibility index (Phi) is 7.96. The molecule has 0 aliphatic rings. The van der Waals surface area contributed by atoms with E-state index in [1.807, 2.05) is 24.3 Å². The number of amides is 1. The highest BCUT2D eigenvalue weighted by molar-refractivity contribution is 7.84. The van der Waals surface area contributed by atoms with Crippen molar-refractivity contribution in [3.63, 3.8) is 0 Å². The Balaban J connectivity index is 1.93. The van der Waals surface area contributed by atoms with Crippen LogP contribution in [-0.2, 0) is 30.8 Å². The van der Waals surface area contributed by atoms with Crippen LogP contribution in [0.4, 0.5) is 0 Å². The van der Waals surface area contributed by atoms with Crippen LogP contribution in [0.25, 0.3) is 11.5 Å². The van der Waals surface area contributed by atoms with Crippen molar-refractivity contribution >= 4 is 16.7 Å². The molecule has 0 aliphatic heterocycles. The van der Waals surface area contributed by atoms with Crippen LogP contribution in [0.2, 0.25) is 0 Å². The van der Waals surface area contributed by atoms with Crippen molar-refractivity contribution in [3.05, 3.63) is 35.7 Å². The Labute approximate surface area is 160 Å². The number of hydrogen-bond donors (Lipinski definition) is 1. The molecule has 0 saturated heterocycles. The molecule has 0 saturated carbocycles. The van der Waals surface area contributed by atoms with Crippen LogP contribution in [0.15, 0.2) is 28.7 Å². The van der Waals surface area contributed by atoms with E-state index in [-0.39, 0.29) is 24.0 Å². The van der Waals surface area contributed by atoms with Crippen LogP contribution in [0, 0.1) is 6.92 Å². The molecular formula is C18H24N2O6S. The maximum atomic E-state index is 12.3. The van der Waals surface area contributed by atoms with Gasteiger partial charge in [-0.3, -0.25) is 9.00 Å². The van der Waals surface area contributed by atoms with Gasteiger partial charge >= 0.3 is 0 Å². The zero-order chi connectivity index (χ0) is 19.8. The average molecular weight is 396 g/mol. The maximum absolute atomic E-state index is 12.3. The molecule has 2 rings (SSSR count). The van der Waals surface area contributed by atoms with Crippen LogP contribution in [-0.4, -0.2) is 55.0 Å². The van der Waals surface area contributed by atoms with E-state index in [1.165, 1.54) is 14.2 Å². The molecule has 1 heterocycles. The second-order valence-electron chi connectivity index (χ2n) is 5.68. The lowest BCUT2D eigenvalue weighted by Crippen LogP contribution is -2.36. The number of nitrogens with zero attached hydrogens (tertiary/aromatic N) is 1. The first-order chi connectivity index (χ1) is 13.0. The van der Waals surface area contributed by atoms with Gasteiger partial charge in [0, 0.05) is 30.6 Å². The van der Waals surface area contributed by atoms with Crippen LogP contribution < -0.4 is 10.1 Å². The van der Waals surface area contributed by atoms with Gasteiger partial charge in [0.1, 0.15) is 17.3 Å². The third-order valence-electron chi connectivity index (χ3n) is 3.81. The minimum atomic E-state index is -1.41.